The van der Waals surface area contributed by atoms with Crippen molar-refractivity contribution in [3.63, 3.8) is 0 Å². The molecule has 0 saturated carbocycles. The van der Waals surface area contributed by atoms with Crippen molar-refractivity contribution in [2.45, 2.75) is 6.92 Å². The molecule has 3 rings (SSSR count). The molecule has 0 bridgehead atoms. The lowest BCUT2D eigenvalue weighted by Crippen LogP contribution is -2.24. The van der Waals surface area contributed by atoms with Crippen molar-refractivity contribution in [2.75, 3.05) is 4.90 Å². The molecule has 5 nitrogen and oxygen atoms in total. The minimum atomic E-state index is -1.12. The van der Waals surface area contributed by atoms with Crippen LogP contribution in [0, 0.1) is 6.92 Å². The zero-order valence-corrected chi connectivity index (χ0v) is 11.2. The number of rotatable bonds is 2. The predicted octanol–water partition coefficient (Wildman–Crippen LogP) is 2.55. The Hall–Kier alpha value is -2.95. The van der Waals surface area contributed by atoms with Crippen molar-refractivity contribution in [1.29, 1.82) is 0 Å². The first kappa shape index (κ1) is 13.1. The van der Waals surface area contributed by atoms with Crippen LogP contribution in [-0.2, 0) is 4.79 Å². The normalized spacial score (nSPS) is 13.5. The lowest BCUT2D eigenvalue weighted by molar-refractivity contribution is -0.113. The molecule has 5 heteroatoms. The number of carbonyl (C=O) groups is 3. The predicted molar refractivity (Wildman–Crippen MR) is 76.1 cm³/mol. The molecule has 1 amide bonds. The second-order valence-electron chi connectivity index (χ2n) is 4.74. The summed E-state index contributed by atoms with van der Waals surface area (Å²) in [6, 6.07) is 11.7. The van der Waals surface area contributed by atoms with Crippen molar-refractivity contribution in [3.8, 4) is 0 Å². The fraction of sp³-hybridized carbons (Fsp3) is 0.0625. The molecular weight excluding hydrogens is 270 g/mol. The Balaban J connectivity index is 2.24. The van der Waals surface area contributed by atoms with E-state index in [4.69, 9.17) is 5.11 Å². The van der Waals surface area contributed by atoms with Crippen molar-refractivity contribution >= 4 is 29.0 Å². The standard InChI is InChI=1S/C16H11NO4/c1-9-11(16(20)21)7-8-12-13(9)14(18)15(19)17(12)10-5-3-2-4-6-10/h2-8H,1H3,(H,20,21). The van der Waals surface area contributed by atoms with Gasteiger partial charge in [-0.3, -0.25) is 14.5 Å². The van der Waals surface area contributed by atoms with Crippen LogP contribution in [0.5, 0.6) is 0 Å². The number of hydrogen-bond acceptors (Lipinski definition) is 3. The number of carbonyl (C=O) groups excluding carboxylic acids is 2. The molecule has 0 unspecified atom stereocenters. The Morgan fingerprint density at radius 1 is 1.05 bits per heavy atom. The van der Waals surface area contributed by atoms with E-state index in [9.17, 15) is 14.4 Å². The van der Waals surface area contributed by atoms with Gasteiger partial charge >= 0.3 is 11.9 Å². The Kier molecular flexibility index (Phi) is 2.83. The average Bonchev–Trinajstić information content (AvgIpc) is 2.72. The van der Waals surface area contributed by atoms with Gasteiger partial charge in [0.1, 0.15) is 0 Å². The van der Waals surface area contributed by atoms with Gasteiger partial charge in [-0.15, -0.1) is 0 Å². The number of benzene rings is 2. The fourth-order valence-corrected chi connectivity index (χ4v) is 2.55. The molecule has 0 saturated heterocycles. The van der Waals surface area contributed by atoms with Gasteiger partial charge in [0, 0.05) is 5.69 Å². The molecule has 2 aromatic carbocycles. The average molecular weight is 281 g/mol. The van der Waals surface area contributed by atoms with E-state index in [1.807, 2.05) is 6.07 Å². The highest BCUT2D eigenvalue weighted by Gasteiger charge is 2.39. The van der Waals surface area contributed by atoms with E-state index in [1.54, 1.807) is 31.2 Å². The van der Waals surface area contributed by atoms with E-state index in [2.05, 4.69) is 0 Å². The van der Waals surface area contributed by atoms with Gasteiger partial charge in [-0.05, 0) is 36.8 Å². The number of anilines is 2. The number of carboxylic acid groups (broad SMARTS) is 1. The van der Waals surface area contributed by atoms with Crippen molar-refractivity contribution in [2.24, 2.45) is 0 Å². The molecule has 0 atom stereocenters. The van der Waals surface area contributed by atoms with Crippen LogP contribution < -0.4 is 4.90 Å². The van der Waals surface area contributed by atoms with Crippen LogP contribution in [0.1, 0.15) is 26.3 Å². The number of carboxylic acids is 1. The monoisotopic (exact) mass is 281 g/mol. The maximum atomic E-state index is 12.2. The highest BCUT2D eigenvalue weighted by Crippen LogP contribution is 2.37. The molecule has 1 N–H and O–H groups in total. The summed E-state index contributed by atoms with van der Waals surface area (Å²) < 4.78 is 0. The highest BCUT2D eigenvalue weighted by molar-refractivity contribution is 6.54. The third-order valence-corrected chi connectivity index (χ3v) is 3.55. The molecule has 1 aliphatic heterocycles. The molecule has 1 heterocycles. The summed E-state index contributed by atoms with van der Waals surface area (Å²) in [6.45, 7) is 1.54. The summed E-state index contributed by atoms with van der Waals surface area (Å²) in [4.78, 5) is 36.9. The third-order valence-electron chi connectivity index (χ3n) is 3.55. The van der Waals surface area contributed by atoms with Crippen molar-refractivity contribution in [3.05, 3.63) is 59.2 Å². The Bertz CT molecular complexity index is 780. The zero-order chi connectivity index (χ0) is 15.1. The smallest absolute Gasteiger partial charge is 0.335 e. The molecule has 0 fully saturated rings. The first-order chi connectivity index (χ1) is 10.0. The van der Waals surface area contributed by atoms with Gasteiger partial charge in [0.05, 0.1) is 16.8 Å². The van der Waals surface area contributed by atoms with Gasteiger partial charge in [0.2, 0.25) is 0 Å². The van der Waals surface area contributed by atoms with Crippen LogP contribution in [0.4, 0.5) is 11.4 Å². The molecule has 0 radical (unpaired) electrons. The van der Waals surface area contributed by atoms with E-state index in [0.29, 0.717) is 16.9 Å². The van der Waals surface area contributed by atoms with Crippen LogP contribution in [0.3, 0.4) is 0 Å². The first-order valence-corrected chi connectivity index (χ1v) is 6.33. The van der Waals surface area contributed by atoms with Crippen LogP contribution >= 0.6 is 0 Å². The third kappa shape index (κ3) is 1.82. The molecule has 0 spiro atoms. The SMILES string of the molecule is Cc1c(C(=O)O)ccc2c1C(=O)C(=O)N2c1ccccc1. The quantitative estimate of drug-likeness (QED) is 0.858. The van der Waals surface area contributed by atoms with Crippen molar-refractivity contribution < 1.29 is 19.5 Å². The van der Waals surface area contributed by atoms with Crippen LogP contribution in [-0.4, -0.2) is 22.8 Å². The lowest BCUT2D eigenvalue weighted by atomic mass is 9.99. The highest BCUT2D eigenvalue weighted by atomic mass is 16.4. The first-order valence-electron chi connectivity index (χ1n) is 6.33. The number of nitrogens with zero attached hydrogens (tertiary/aromatic N) is 1. The fourth-order valence-electron chi connectivity index (χ4n) is 2.55. The molecule has 1 aliphatic rings. The molecule has 0 aromatic heterocycles. The van der Waals surface area contributed by atoms with E-state index in [1.165, 1.54) is 17.0 Å². The second kappa shape index (κ2) is 4.56. The van der Waals surface area contributed by atoms with Crippen LogP contribution in [0.25, 0.3) is 0 Å². The number of para-hydroxylation sites is 1. The maximum Gasteiger partial charge on any atom is 0.335 e. The number of fused-ring (bicyclic) bond motifs is 1. The Morgan fingerprint density at radius 3 is 2.33 bits per heavy atom. The summed E-state index contributed by atoms with van der Waals surface area (Å²) in [5, 5.41) is 9.12. The van der Waals surface area contributed by atoms with Gasteiger partial charge in [0.15, 0.2) is 0 Å². The number of amides is 1. The minimum absolute atomic E-state index is 0.0322. The van der Waals surface area contributed by atoms with Gasteiger partial charge in [-0.1, -0.05) is 18.2 Å². The van der Waals surface area contributed by atoms with E-state index >= 15 is 0 Å². The topological polar surface area (TPSA) is 74.7 Å². The Labute approximate surface area is 120 Å². The number of Topliss-reactive ketones (excluding diaryl/α,β-unsaturated/α-hetero) is 1. The maximum absolute atomic E-state index is 12.2. The summed E-state index contributed by atoms with van der Waals surface area (Å²) in [6.07, 6.45) is 0. The minimum Gasteiger partial charge on any atom is -0.478 e. The van der Waals surface area contributed by atoms with Gasteiger partial charge < -0.3 is 5.11 Å². The van der Waals surface area contributed by atoms with E-state index < -0.39 is 17.7 Å². The summed E-state index contributed by atoms with van der Waals surface area (Å²) in [7, 11) is 0. The summed E-state index contributed by atoms with van der Waals surface area (Å²) >= 11 is 0. The molecule has 0 aliphatic carbocycles. The van der Waals surface area contributed by atoms with Gasteiger partial charge in [-0.25, -0.2) is 4.79 Å². The number of ketones is 1. The van der Waals surface area contributed by atoms with Gasteiger partial charge in [0.25, 0.3) is 5.78 Å². The van der Waals surface area contributed by atoms with Crippen molar-refractivity contribution in [1.82, 2.24) is 0 Å². The largest absolute Gasteiger partial charge is 0.478 e. The van der Waals surface area contributed by atoms with Crippen LogP contribution in [0.2, 0.25) is 0 Å². The summed E-state index contributed by atoms with van der Waals surface area (Å²) in [5.74, 6) is -2.45. The van der Waals surface area contributed by atoms with E-state index in [0.717, 1.165) is 0 Å². The van der Waals surface area contributed by atoms with Crippen LogP contribution in [0.15, 0.2) is 42.5 Å². The molecular formula is C16H11NO4. The second-order valence-corrected chi connectivity index (χ2v) is 4.74. The molecule has 104 valence electrons. The number of aromatic carboxylic acids is 1. The number of hydrogen-bond donors (Lipinski definition) is 1. The molecule has 2 aromatic rings. The Morgan fingerprint density at radius 2 is 1.71 bits per heavy atom. The lowest BCUT2D eigenvalue weighted by Gasteiger charge is -2.17. The van der Waals surface area contributed by atoms with Gasteiger partial charge in [-0.2, -0.15) is 0 Å². The summed E-state index contributed by atoms with van der Waals surface area (Å²) in [5.41, 5.74) is 1.53. The zero-order valence-electron chi connectivity index (χ0n) is 11.2. The molecule has 21 heavy (non-hydrogen) atoms. The van der Waals surface area contributed by atoms with E-state index in [-0.39, 0.29) is 11.1 Å².